The van der Waals surface area contributed by atoms with Gasteiger partial charge in [0.1, 0.15) is 11.4 Å². The molecular formula is C17H20N6O. The summed E-state index contributed by atoms with van der Waals surface area (Å²) in [4.78, 5) is 23.7. The van der Waals surface area contributed by atoms with Gasteiger partial charge in [0.25, 0.3) is 5.91 Å². The first-order valence-corrected chi connectivity index (χ1v) is 8.23. The summed E-state index contributed by atoms with van der Waals surface area (Å²) in [6.07, 6.45) is 9.31. The molecule has 1 saturated heterocycles. The molecule has 0 saturated carbocycles. The van der Waals surface area contributed by atoms with Crippen LogP contribution in [0, 0.1) is 13.8 Å². The Morgan fingerprint density at radius 1 is 1.29 bits per heavy atom. The Labute approximate surface area is 139 Å². The molecule has 1 aliphatic rings. The number of aromatic nitrogens is 5. The van der Waals surface area contributed by atoms with Crippen LogP contribution in [0.2, 0.25) is 0 Å². The molecule has 0 bridgehead atoms. The minimum Gasteiger partial charge on any atom is -0.336 e. The fourth-order valence-electron chi connectivity index (χ4n) is 3.42. The molecule has 124 valence electrons. The van der Waals surface area contributed by atoms with Crippen LogP contribution in [0.3, 0.4) is 0 Å². The highest BCUT2D eigenvalue weighted by Crippen LogP contribution is 2.24. The molecule has 1 amide bonds. The van der Waals surface area contributed by atoms with Crippen LogP contribution in [0.5, 0.6) is 0 Å². The normalized spacial score (nSPS) is 18.2. The molecule has 0 unspecified atom stereocenters. The molecule has 4 heterocycles. The number of likely N-dealkylation sites (tertiary alicyclic amines) is 1. The summed E-state index contributed by atoms with van der Waals surface area (Å²) in [5.41, 5.74) is 2.07. The van der Waals surface area contributed by atoms with Gasteiger partial charge in [0, 0.05) is 37.4 Å². The molecule has 0 radical (unpaired) electrons. The maximum Gasteiger partial charge on any atom is 0.259 e. The number of imidazole rings is 1. The highest BCUT2D eigenvalue weighted by atomic mass is 16.2. The van der Waals surface area contributed by atoms with Crippen molar-refractivity contribution in [1.29, 1.82) is 0 Å². The lowest BCUT2D eigenvalue weighted by Crippen LogP contribution is -2.40. The Bertz CT molecular complexity index is 896. The summed E-state index contributed by atoms with van der Waals surface area (Å²) >= 11 is 0. The van der Waals surface area contributed by atoms with E-state index in [9.17, 15) is 4.79 Å². The minimum absolute atomic E-state index is 0.00516. The van der Waals surface area contributed by atoms with Crippen molar-refractivity contribution in [3.05, 3.63) is 47.9 Å². The van der Waals surface area contributed by atoms with Gasteiger partial charge < -0.3 is 9.47 Å². The molecule has 24 heavy (non-hydrogen) atoms. The van der Waals surface area contributed by atoms with Crippen molar-refractivity contribution in [3.8, 4) is 0 Å². The summed E-state index contributed by atoms with van der Waals surface area (Å²) in [7, 11) is 0. The van der Waals surface area contributed by atoms with Crippen molar-refractivity contribution in [1.82, 2.24) is 29.0 Å². The fourth-order valence-corrected chi connectivity index (χ4v) is 3.42. The van der Waals surface area contributed by atoms with Crippen molar-refractivity contribution in [2.45, 2.75) is 32.7 Å². The van der Waals surface area contributed by atoms with Crippen molar-refractivity contribution in [3.63, 3.8) is 0 Å². The zero-order chi connectivity index (χ0) is 16.7. The van der Waals surface area contributed by atoms with Gasteiger partial charge in [-0.3, -0.25) is 4.79 Å². The Hall–Kier alpha value is -2.70. The quantitative estimate of drug-likeness (QED) is 0.723. The number of rotatable bonds is 2. The Kier molecular flexibility index (Phi) is 3.55. The smallest absolute Gasteiger partial charge is 0.259 e. The maximum atomic E-state index is 13.0. The van der Waals surface area contributed by atoms with Crippen molar-refractivity contribution < 1.29 is 4.79 Å². The predicted molar refractivity (Wildman–Crippen MR) is 88.9 cm³/mol. The van der Waals surface area contributed by atoms with Gasteiger partial charge in [-0.15, -0.1) is 0 Å². The van der Waals surface area contributed by atoms with Gasteiger partial charge >= 0.3 is 0 Å². The first kappa shape index (κ1) is 14.9. The highest BCUT2D eigenvalue weighted by molar-refractivity contribution is 5.99. The van der Waals surface area contributed by atoms with Gasteiger partial charge in [0.15, 0.2) is 5.65 Å². The van der Waals surface area contributed by atoms with E-state index >= 15 is 0 Å². The number of aryl methyl sites for hydroxylation is 2. The zero-order valence-electron chi connectivity index (χ0n) is 13.9. The van der Waals surface area contributed by atoms with Crippen LogP contribution in [-0.2, 0) is 0 Å². The molecule has 3 aromatic heterocycles. The highest BCUT2D eigenvalue weighted by Gasteiger charge is 2.28. The number of hydrogen-bond donors (Lipinski definition) is 0. The second kappa shape index (κ2) is 5.74. The van der Waals surface area contributed by atoms with Crippen LogP contribution in [0.4, 0.5) is 0 Å². The standard InChI is InChI=1S/C17H20N6O/c1-12-5-8-23-16(20-12)15(10-19-23)17(24)21-7-3-4-14(11-21)22-9-6-18-13(22)2/h5-6,8-10,14H,3-4,7,11H2,1-2H3/t14-/m1/s1. The van der Waals surface area contributed by atoms with Gasteiger partial charge in [-0.05, 0) is 32.8 Å². The molecule has 0 N–H and O–H groups in total. The number of piperidine rings is 1. The van der Waals surface area contributed by atoms with E-state index in [0.29, 0.717) is 17.8 Å². The average Bonchev–Trinajstić information content (AvgIpc) is 3.20. The van der Waals surface area contributed by atoms with E-state index in [2.05, 4.69) is 19.6 Å². The molecule has 1 fully saturated rings. The Morgan fingerprint density at radius 2 is 2.17 bits per heavy atom. The third kappa shape index (κ3) is 2.46. The summed E-state index contributed by atoms with van der Waals surface area (Å²) in [6, 6.07) is 2.16. The third-order valence-electron chi connectivity index (χ3n) is 4.68. The van der Waals surface area contributed by atoms with Crippen molar-refractivity contribution >= 4 is 11.6 Å². The molecule has 4 rings (SSSR count). The van der Waals surface area contributed by atoms with E-state index in [1.54, 1.807) is 10.7 Å². The van der Waals surface area contributed by atoms with Gasteiger partial charge in [-0.1, -0.05) is 0 Å². The molecule has 7 heteroatoms. The average molecular weight is 324 g/mol. The van der Waals surface area contributed by atoms with Crippen LogP contribution in [0.1, 0.15) is 40.8 Å². The summed E-state index contributed by atoms with van der Waals surface area (Å²) in [6.45, 7) is 5.38. The van der Waals surface area contributed by atoms with E-state index in [1.807, 2.05) is 43.4 Å². The van der Waals surface area contributed by atoms with Gasteiger partial charge in [0.2, 0.25) is 0 Å². The number of nitrogens with zero attached hydrogens (tertiary/aromatic N) is 6. The van der Waals surface area contributed by atoms with Crippen molar-refractivity contribution in [2.75, 3.05) is 13.1 Å². The maximum absolute atomic E-state index is 13.0. The monoisotopic (exact) mass is 324 g/mol. The van der Waals surface area contributed by atoms with Crippen LogP contribution in [0.25, 0.3) is 5.65 Å². The van der Waals surface area contributed by atoms with Crippen LogP contribution in [0.15, 0.2) is 30.9 Å². The molecule has 1 aliphatic heterocycles. The van der Waals surface area contributed by atoms with Gasteiger partial charge in [-0.2, -0.15) is 5.10 Å². The summed E-state index contributed by atoms with van der Waals surface area (Å²) < 4.78 is 3.82. The second-order valence-electron chi connectivity index (χ2n) is 6.32. The van der Waals surface area contributed by atoms with E-state index in [4.69, 9.17) is 0 Å². The lowest BCUT2D eigenvalue weighted by Gasteiger charge is -2.33. The first-order valence-electron chi connectivity index (χ1n) is 8.23. The van der Waals surface area contributed by atoms with Crippen LogP contribution >= 0.6 is 0 Å². The molecule has 7 nitrogen and oxygen atoms in total. The number of hydrogen-bond acceptors (Lipinski definition) is 4. The molecule has 1 atom stereocenters. The molecule has 0 aromatic carbocycles. The topological polar surface area (TPSA) is 68.3 Å². The van der Waals surface area contributed by atoms with E-state index < -0.39 is 0 Å². The van der Waals surface area contributed by atoms with E-state index in [0.717, 1.165) is 30.9 Å². The molecule has 3 aromatic rings. The van der Waals surface area contributed by atoms with Gasteiger partial charge in [0.05, 0.1) is 12.2 Å². The van der Waals surface area contributed by atoms with Gasteiger partial charge in [-0.25, -0.2) is 14.5 Å². The molecule has 0 aliphatic carbocycles. The van der Waals surface area contributed by atoms with Crippen molar-refractivity contribution in [2.24, 2.45) is 0 Å². The van der Waals surface area contributed by atoms with E-state index in [-0.39, 0.29) is 11.9 Å². The minimum atomic E-state index is 0.00516. The fraction of sp³-hybridized carbons (Fsp3) is 0.412. The van der Waals surface area contributed by atoms with Crippen LogP contribution in [-0.4, -0.2) is 48.0 Å². The molecule has 0 spiro atoms. The first-order chi connectivity index (χ1) is 11.6. The lowest BCUT2D eigenvalue weighted by atomic mass is 10.0. The number of amides is 1. The summed E-state index contributed by atoms with van der Waals surface area (Å²) in [5, 5.41) is 4.25. The SMILES string of the molecule is Cc1ccn2ncc(C(=O)N3CCC[C@@H](n4ccnc4C)C3)c2n1. The Balaban J connectivity index is 1.61. The Morgan fingerprint density at radius 3 is 2.96 bits per heavy atom. The number of fused-ring (bicyclic) bond motifs is 1. The lowest BCUT2D eigenvalue weighted by molar-refractivity contribution is 0.0680. The molecular weight excluding hydrogens is 304 g/mol. The summed E-state index contributed by atoms with van der Waals surface area (Å²) in [5.74, 6) is 0.994. The predicted octanol–water partition coefficient (Wildman–Crippen LogP) is 2.02. The zero-order valence-corrected chi connectivity index (χ0v) is 13.9. The van der Waals surface area contributed by atoms with E-state index in [1.165, 1.54) is 0 Å². The number of carbonyl (C=O) groups excluding carboxylic acids is 1. The van der Waals surface area contributed by atoms with Crippen LogP contribution < -0.4 is 0 Å². The second-order valence-corrected chi connectivity index (χ2v) is 6.32. The largest absolute Gasteiger partial charge is 0.336 e. The third-order valence-corrected chi connectivity index (χ3v) is 4.68. The number of carbonyl (C=O) groups is 1.